The number of sulfone groups is 1. The number of carboxylic acids is 1. The number of carbonyl (C=O) groups is 1. The zero-order valence-corrected chi connectivity index (χ0v) is 32.7. The molecule has 7 rings (SSSR count). The second-order valence-corrected chi connectivity index (χ2v) is 21.0. The number of nitrogens with one attached hydrogen (secondary N) is 1. The summed E-state index contributed by atoms with van der Waals surface area (Å²) in [6.07, 6.45) is 13.6. The Hall–Kier alpha value is -2.03. The molecule has 1 aromatic carbocycles. The van der Waals surface area contributed by atoms with Gasteiger partial charge in [0.15, 0.2) is 9.84 Å². The van der Waals surface area contributed by atoms with Gasteiger partial charge in [-0.15, -0.1) is 0 Å². The standard InChI is InChI=1S/C42H63N3O4S/c1-28(43-7)31-14-19-42(44-22-23-45-24-26-50(48,49)27-25-45)21-20-40(5)33(36(31)42)12-13-35-39(4)17-15-32(29-8-10-30(11-9-29)37(46)47)38(2,3)34(39)16-18-41(35,40)6/h8-11,15,31,33-36,44H,12-14,16-27H2,1-7H3,(H,46,47)/t31-,33+,34-,35+,36+,39-,40+,41+,42-/m0/s1. The van der Waals surface area contributed by atoms with Gasteiger partial charge in [0, 0.05) is 50.4 Å². The first kappa shape index (κ1) is 36.3. The van der Waals surface area contributed by atoms with Gasteiger partial charge in [-0.25, -0.2) is 13.2 Å². The van der Waals surface area contributed by atoms with Gasteiger partial charge in [0.1, 0.15) is 0 Å². The van der Waals surface area contributed by atoms with Crippen molar-refractivity contribution in [1.29, 1.82) is 0 Å². The predicted octanol–water partition coefficient (Wildman–Crippen LogP) is 7.62. The van der Waals surface area contributed by atoms with Gasteiger partial charge in [-0.3, -0.25) is 4.99 Å². The molecule has 8 heteroatoms. The molecule has 1 aromatic rings. The molecule has 0 bridgehead atoms. The summed E-state index contributed by atoms with van der Waals surface area (Å²) >= 11 is 0. The average molecular weight is 706 g/mol. The number of nitrogens with zero attached hydrogens (tertiary/aromatic N) is 2. The van der Waals surface area contributed by atoms with E-state index in [0.29, 0.717) is 59.7 Å². The maximum atomic E-state index is 12.0. The Bertz CT molecular complexity index is 1650. The molecule has 5 aliphatic carbocycles. The molecule has 1 aliphatic heterocycles. The average Bonchev–Trinajstić information content (AvgIpc) is 3.45. The van der Waals surface area contributed by atoms with E-state index >= 15 is 0 Å². The van der Waals surface area contributed by atoms with E-state index in [1.165, 1.54) is 68.2 Å². The van der Waals surface area contributed by atoms with Crippen LogP contribution in [0.1, 0.15) is 115 Å². The molecule has 0 spiro atoms. The van der Waals surface area contributed by atoms with Crippen LogP contribution in [0.25, 0.3) is 5.57 Å². The molecule has 1 saturated heterocycles. The molecule has 0 radical (unpaired) electrons. The van der Waals surface area contributed by atoms with Crippen LogP contribution in [0.15, 0.2) is 35.3 Å². The van der Waals surface area contributed by atoms with Crippen LogP contribution >= 0.6 is 0 Å². The van der Waals surface area contributed by atoms with Crippen molar-refractivity contribution in [3.63, 3.8) is 0 Å². The van der Waals surface area contributed by atoms with Gasteiger partial charge in [0.2, 0.25) is 0 Å². The van der Waals surface area contributed by atoms with Gasteiger partial charge in [0.25, 0.3) is 0 Å². The van der Waals surface area contributed by atoms with Crippen LogP contribution in [-0.4, -0.2) is 80.4 Å². The third-order valence-corrected chi connectivity index (χ3v) is 18.3. The van der Waals surface area contributed by atoms with Crippen molar-refractivity contribution in [2.45, 2.75) is 105 Å². The largest absolute Gasteiger partial charge is 0.478 e. The van der Waals surface area contributed by atoms with E-state index in [9.17, 15) is 18.3 Å². The number of hydrogen-bond donors (Lipinski definition) is 2. The number of aromatic carboxylic acids is 1. The first-order valence-corrected chi connectivity index (χ1v) is 21.5. The summed E-state index contributed by atoms with van der Waals surface area (Å²) in [5.41, 5.74) is 5.13. The van der Waals surface area contributed by atoms with Crippen LogP contribution in [0.3, 0.4) is 0 Å². The summed E-state index contributed by atoms with van der Waals surface area (Å²) in [5, 5.41) is 13.7. The van der Waals surface area contributed by atoms with Crippen molar-refractivity contribution in [2.24, 2.45) is 56.2 Å². The fourth-order valence-electron chi connectivity index (χ4n) is 13.9. The number of carboxylic acid groups (broad SMARTS) is 1. The van der Waals surface area contributed by atoms with Gasteiger partial charge in [0.05, 0.1) is 17.1 Å². The quantitative estimate of drug-likeness (QED) is 0.283. The molecule has 7 nitrogen and oxygen atoms in total. The van der Waals surface area contributed by atoms with Gasteiger partial charge >= 0.3 is 5.97 Å². The van der Waals surface area contributed by atoms with E-state index in [2.05, 4.69) is 57.8 Å². The van der Waals surface area contributed by atoms with E-state index in [1.807, 2.05) is 19.2 Å². The third kappa shape index (κ3) is 5.50. The van der Waals surface area contributed by atoms with Gasteiger partial charge in [-0.2, -0.15) is 0 Å². The van der Waals surface area contributed by atoms with Crippen LogP contribution in [0.5, 0.6) is 0 Å². The minimum absolute atomic E-state index is 0.00621. The van der Waals surface area contributed by atoms with Crippen molar-refractivity contribution in [3.05, 3.63) is 41.5 Å². The van der Waals surface area contributed by atoms with Crippen molar-refractivity contribution in [3.8, 4) is 0 Å². The smallest absolute Gasteiger partial charge is 0.335 e. The van der Waals surface area contributed by atoms with Crippen LogP contribution in [0, 0.1) is 51.2 Å². The van der Waals surface area contributed by atoms with Gasteiger partial charge in [-0.1, -0.05) is 52.8 Å². The van der Waals surface area contributed by atoms with Gasteiger partial charge < -0.3 is 15.3 Å². The molecule has 1 heterocycles. The fraction of sp³-hybridized carbons (Fsp3) is 0.762. The molecule has 276 valence electrons. The van der Waals surface area contributed by atoms with Crippen molar-refractivity contribution in [2.75, 3.05) is 44.7 Å². The molecule has 2 N–H and O–H groups in total. The van der Waals surface area contributed by atoms with Crippen molar-refractivity contribution < 1.29 is 18.3 Å². The van der Waals surface area contributed by atoms with E-state index in [1.54, 1.807) is 12.1 Å². The summed E-state index contributed by atoms with van der Waals surface area (Å²) in [5.74, 6) is 2.73. The number of aliphatic imine (C=N–C) groups is 1. The van der Waals surface area contributed by atoms with E-state index < -0.39 is 15.8 Å². The Morgan fingerprint density at radius 1 is 0.920 bits per heavy atom. The number of fused-ring (bicyclic) bond motifs is 7. The molecule has 5 fully saturated rings. The zero-order chi connectivity index (χ0) is 35.9. The number of allylic oxidation sites excluding steroid dienone is 2. The highest BCUT2D eigenvalue weighted by atomic mass is 32.2. The SMILES string of the molecule is CN=C(C)[C@@H]1CC[C@]2(NCCN3CCS(=O)(=O)CC3)CC[C@]3(C)[C@H](CC[C@@H]4[C@@]5(C)CC=C(c6ccc(C(=O)O)cc6)C(C)(C)[C@@H]5CC[C@]43C)[C@@H]12. The highest BCUT2D eigenvalue weighted by molar-refractivity contribution is 7.91. The molecular formula is C42H63N3O4S. The molecular weight excluding hydrogens is 643 g/mol. The summed E-state index contributed by atoms with van der Waals surface area (Å²) in [6, 6.07) is 7.58. The fourth-order valence-corrected chi connectivity index (χ4v) is 15.1. The van der Waals surface area contributed by atoms with Crippen LogP contribution in [-0.2, 0) is 9.84 Å². The highest BCUT2D eigenvalue weighted by Crippen LogP contribution is 2.76. The third-order valence-electron chi connectivity index (χ3n) is 16.7. The first-order chi connectivity index (χ1) is 23.5. The van der Waals surface area contributed by atoms with E-state index in [0.717, 1.165) is 19.5 Å². The van der Waals surface area contributed by atoms with Crippen LogP contribution < -0.4 is 5.32 Å². The lowest BCUT2D eigenvalue weighted by atomic mass is 9.33. The maximum absolute atomic E-state index is 12.0. The molecule has 4 saturated carbocycles. The molecule has 50 heavy (non-hydrogen) atoms. The van der Waals surface area contributed by atoms with Crippen molar-refractivity contribution >= 4 is 27.1 Å². The maximum Gasteiger partial charge on any atom is 0.335 e. The highest BCUT2D eigenvalue weighted by Gasteiger charge is 2.70. The number of benzene rings is 1. The Balaban J connectivity index is 1.16. The zero-order valence-electron chi connectivity index (χ0n) is 31.9. The topological polar surface area (TPSA) is 99.1 Å². The Kier molecular flexibility index (Phi) is 9.11. The minimum Gasteiger partial charge on any atom is -0.478 e. The summed E-state index contributed by atoms with van der Waals surface area (Å²) < 4.78 is 24.1. The van der Waals surface area contributed by atoms with E-state index in [4.69, 9.17) is 4.99 Å². The number of hydrogen-bond acceptors (Lipinski definition) is 6. The lowest BCUT2D eigenvalue weighted by molar-refractivity contribution is -0.218. The molecule has 0 aromatic heterocycles. The summed E-state index contributed by atoms with van der Waals surface area (Å²) in [7, 11) is -0.878. The van der Waals surface area contributed by atoms with Gasteiger partial charge in [-0.05, 0) is 133 Å². The van der Waals surface area contributed by atoms with Crippen LogP contribution in [0.2, 0.25) is 0 Å². The lowest BCUT2D eigenvalue weighted by Crippen LogP contribution is -2.68. The molecule has 0 amide bonds. The van der Waals surface area contributed by atoms with Crippen molar-refractivity contribution in [1.82, 2.24) is 10.2 Å². The second kappa shape index (κ2) is 12.5. The summed E-state index contributed by atoms with van der Waals surface area (Å²) in [6.45, 7) is 18.4. The molecule has 9 atom stereocenters. The second-order valence-electron chi connectivity index (χ2n) is 18.7. The normalized spacial score (nSPS) is 42.4. The predicted molar refractivity (Wildman–Crippen MR) is 203 cm³/mol. The Morgan fingerprint density at radius 2 is 1.62 bits per heavy atom. The Labute approximate surface area is 302 Å². The molecule has 0 unspecified atom stereocenters. The molecule has 6 aliphatic rings. The van der Waals surface area contributed by atoms with E-state index in [-0.39, 0.29) is 27.2 Å². The lowest BCUT2D eigenvalue weighted by Gasteiger charge is -2.72. The first-order valence-electron chi connectivity index (χ1n) is 19.7. The monoisotopic (exact) mass is 705 g/mol. The number of rotatable bonds is 7. The summed E-state index contributed by atoms with van der Waals surface area (Å²) in [4.78, 5) is 18.7. The van der Waals surface area contributed by atoms with Crippen LogP contribution in [0.4, 0.5) is 0 Å². The Morgan fingerprint density at radius 3 is 2.28 bits per heavy atom. The minimum atomic E-state index is -2.87.